The zero-order valence-corrected chi connectivity index (χ0v) is 10.9. The lowest BCUT2D eigenvalue weighted by molar-refractivity contribution is 0.0178. The van der Waals surface area contributed by atoms with Crippen molar-refractivity contribution in [3.63, 3.8) is 0 Å². The van der Waals surface area contributed by atoms with Crippen molar-refractivity contribution in [2.45, 2.75) is 26.2 Å². The summed E-state index contributed by atoms with van der Waals surface area (Å²) in [5, 5.41) is 0. The normalized spacial score (nSPS) is 11.6. The molecule has 0 aromatic heterocycles. The monoisotopic (exact) mass is 264 g/mol. The summed E-state index contributed by atoms with van der Waals surface area (Å²) in [5.74, 6) is -3.69. The third-order valence-electron chi connectivity index (χ3n) is 3.11. The summed E-state index contributed by atoms with van der Waals surface area (Å²) in [5.41, 5.74) is 1.20. The quantitative estimate of drug-likeness (QED) is 0.717. The number of hydrogen-bond donors (Lipinski definition) is 0. The molecular weight excluding hydrogens is 249 g/mol. The summed E-state index contributed by atoms with van der Waals surface area (Å²) < 4.78 is 41.2. The second kappa shape index (κ2) is 5.08. The highest BCUT2D eigenvalue weighted by Crippen LogP contribution is 2.37. The van der Waals surface area contributed by atoms with Crippen molar-refractivity contribution in [2.24, 2.45) is 0 Å². The van der Waals surface area contributed by atoms with Crippen molar-refractivity contribution < 1.29 is 13.2 Å². The third kappa shape index (κ3) is 2.80. The summed E-state index contributed by atoms with van der Waals surface area (Å²) in [6.45, 7) is 2.75. The van der Waals surface area contributed by atoms with Crippen LogP contribution in [-0.4, -0.2) is 0 Å². The number of hydrogen-bond acceptors (Lipinski definition) is 0. The summed E-state index contributed by atoms with van der Waals surface area (Å²) in [6, 6.07) is 10.9. The molecule has 0 aliphatic rings. The third-order valence-corrected chi connectivity index (χ3v) is 3.11. The van der Waals surface area contributed by atoms with E-state index in [9.17, 15) is 13.2 Å². The van der Waals surface area contributed by atoms with Crippen LogP contribution in [0.5, 0.6) is 0 Å². The van der Waals surface area contributed by atoms with Gasteiger partial charge in [-0.15, -0.1) is 0 Å². The Kier molecular flexibility index (Phi) is 3.65. The smallest absolute Gasteiger partial charge is 0.206 e. The molecule has 0 aliphatic heterocycles. The van der Waals surface area contributed by atoms with Crippen molar-refractivity contribution in [1.29, 1.82) is 0 Å². The first-order valence-electron chi connectivity index (χ1n) is 6.19. The fourth-order valence-corrected chi connectivity index (χ4v) is 2.13. The van der Waals surface area contributed by atoms with Crippen LogP contribution in [0, 0.1) is 5.82 Å². The second-order valence-corrected chi connectivity index (χ2v) is 4.60. The maximum absolute atomic E-state index is 14.0. The Morgan fingerprint density at radius 3 is 2.37 bits per heavy atom. The van der Waals surface area contributed by atoms with Crippen LogP contribution in [0.1, 0.15) is 25.0 Å². The minimum Gasteiger partial charge on any atom is -0.206 e. The fraction of sp³-hybridized carbons (Fsp3) is 0.250. The van der Waals surface area contributed by atoms with E-state index in [1.54, 1.807) is 18.2 Å². The summed E-state index contributed by atoms with van der Waals surface area (Å²) in [4.78, 5) is 0. The number of rotatable bonds is 3. The van der Waals surface area contributed by atoms with E-state index in [1.807, 2.05) is 13.0 Å². The lowest BCUT2D eigenvalue weighted by Gasteiger charge is -2.17. The van der Waals surface area contributed by atoms with Gasteiger partial charge in [-0.25, -0.2) is 13.2 Å². The van der Waals surface area contributed by atoms with Gasteiger partial charge in [0.15, 0.2) is 0 Å². The molecule has 0 nitrogen and oxygen atoms in total. The predicted molar refractivity (Wildman–Crippen MR) is 70.8 cm³/mol. The Morgan fingerprint density at radius 1 is 1.05 bits per heavy atom. The van der Waals surface area contributed by atoms with Gasteiger partial charge >= 0.3 is 0 Å². The zero-order valence-electron chi connectivity index (χ0n) is 10.9. The molecule has 0 heterocycles. The fourth-order valence-electron chi connectivity index (χ4n) is 2.13. The van der Waals surface area contributed by atoms with Gasteiger partial charge in [-0.2, -0.15) is 0 Å². The van der Waals surface area contributed by atoms with E-state index in [-0.39, 0.29) is 11.1 Å². The van der Waals surface area contributed by atoms with E-state index in [0.29, 0.717) is 5.56 Å². The zero-order chi connectivity index (χ0) is 14.0. The Bertz CT molecular complexity index is 583. The minimum atomic E-state index is -3.07. The molecule has 2 rings (SSSR count). The molecule has 0 fully saturated rings. The first-order valence-corrected chi connectivity index (χ1v) is 6.19. The van der Waals surface area contributed by atoms with Crippen molar-refractivity contribution in [2.75, 3.05) is 0 Å². The Hall–Kier alpha value is -1.77. The Balaban J connectivity index is 2.67. The average molecular weight is 264 g/mol. The topological polar surface area (TPSA) is 0 Å². The standard InChI is InChI=1S/C16H15F3/c1-3-11-6-4-7-12(10-11)15-13(16(2,18)19)8-5-9-14(15)17/h4-10H,3H2,1-2H3. The molecule has 0 aliphatic carbocycles. The summed E-state index contributed by atoms with van der Waals surface area (Å²) >= 11 is 0. The van der Waals surface area contributed by atoms with Crippen LogP contribution in [0.3, 0.4) is 0 Å². The minimum absolute atomic E-state index is 0.00898. The maximum Gasteiger partial charge on any atom is 0.271 e. The van der Waals surface area contributed by atoms with E-state index < -0.39 is 11.7 Å². The summed E-state index contributed by atoms with van der Waals surface area (Å²) in [7, 11) is 0. The first-order chi connectivity index (χ1) is 8.93. The van der Waals surface area contributed by atoms with Gasteiger partial charge in [0.2, 0.25) is 0 Å². The van der Waals surface area contributed by atoms with Crippen LogP contribution >= 0.6 is 0 Å². The average Bonchev–Trinajstić information content (AvgIpc) is 2.37. The van der Waals surface area contributed by atoms with Crippen LogP contribution in [-0.2, 0) is 12.3 Å². The van der Waals surface area contributed by atoms with E-state index in [4.69, 9.17) is 0 Å². The van der Waals surface area contributed by atoms with E-state index in [0.717, 1.165) is 18.9 Å². The molecule has 100 valence electrons. The van der Waals surface area contributed by atoms with Crippen LogP contribution in [0.25, 0.3) is 11.1 Å². The van der Waals surface area contributed by atoms with Crippen LogP contribution in [0.15, 0.2) is 42.5 Å². The molecule has 0 saturated heterocycles. The molecular formula is C16H15F3. The van der Waals surface area contributed by atoms with E-state index in [1.165, 1.54) is 18.2 Å². The molecule has 0 unspecified atom stereocenters. The highest BCUT2D eigenvalue weighted by Gasteiger charge is 2.29. The van der Waals surface area contributed by atoms with Crippen molar-refractivity contribution in [3.8, 4) is 11.1 Å². The van der Waals surface area contributed by atoms with Crippen molar-refractivity contribution in [3.05, 3.63) is 59.4 Å². The highest BCUT2D eigenvalue weighted by molar-refractivity contribution is 5.69. The summed E-state index contributed by atoms with van der Waals surface area (Å²) in [6.07, 6.45) is 0.778. The molecule has 0 saturated carbocycles. The Labute approximate surface area is 110 Å². The second-order valence-electron chi connectivity index (χ2n) is 4.60. The molecule has 0 radical (unpaired) electrons. The maximum atomic E-state index is 14.0. The number of benzene rings is 2. The van der Waals surface area contributed by atoms with Gasteiger partial charge in [0.05, 0.1) is 0 Å². The lowest BCUT2D eigenvalue weighted by Crippen LogP contribution is -2.10. The molecule has 3 heteroatoms. The van der Waals surface area contributed by atoms with Crippen molar-refractivity contribution in [1.82, 2.24) is 0 Å². The SMILES string of the molecule is CCc1cccc(-c2c(F)cccc2C(C)(F)F)c1. The number of halogens is 3. The molecule has 19 heavy (non-hydrogen) atoms. The number of alkyl halides is 2. The highest BCUT2D eigenvalue weighted by atomic mass is 19.3. The lowest BCUT2D eigenvalue weighted by atomic mass is 9.94. The number of aryl methyl sites for hydroxylation is 1. The van der Waals surface area contributed by atoms with Crippen LogP contribution < -0.4 is 0 Å². The van der Waals surface area contributed by atoms with Gasteiger partial charge in [0.25, 0.3) is 5.92 Å². The molecule has 0 atom stereocenters. The van der Waals surface area contributed by atoms with Gasteiger partial charge in [-0.3, -0.25) is 0 Å². The molecule has 0 amide bonds. The van der Waals surface area contributed by atoms with Crippen LogP contribution in [0.4, 0.5) is 13.2 Å². The molecule has 2 aromatic carbocycles. The van der Waals surface area contributed by atoms with Gasteiger partial charge < -0.3 is 0 Å². The van der Waals surface area contributed by atoms with Crippen molar-refractivity contribution >= 4 is 0 Å². The molecule has 0 N–H and O–H groups in total. The van der Waals surface area contributed by atoms with Gasteiger partial charge in [-0.05, 0) is 23.6 Å². The Morgan fingerprint density at radius 2 is 1.74 bits per heavy atom. The van der Waals surface area contributed by atoms with Gasteiger partial charge in [0.1, 0.15) is 5.82 Å². The molecule has 2 aromatic rings. The molecule has 0 spiro atoms. The largest absolute Gasteiger partial charge is 0.271 e. The predicted octanol–water partition coefficient (Wildman–Crippen LogP) is 5.17. The van der Waals surface area contributed by atoms with Gasteiger partial charge in [0, 0.05) is 18.1 Å². The van der Waals surface area contributed by atoms with Crippen LogP contribution in [0.2, 0.25) is 0 Å². The molecule has 0 bridgehead atoms. The van der Waals surface area contributed by atoms with E-state index in [2.05, 4.69) is 0 Å². The van der Waals surface area contributed by atoms with E-state index >= 15 is 0 Å². The van der Waals surface area contributed by atoms with Gasteiger partial charge in [-0.1, -0.05) is 43.3 Å². The first kappa shape index (κ1) is 13.7.